The highest BCUT2D eigenvalue weighted by Crippen LogP contribution is 2.61. The molecule has 0 aromatic carbocycles. The third kappa shape index (κ3) is 3.83. The van der Waals surface area contributed by atoms with Gasteiger partial charge >= 0.3 is 43.7 Å². The summed E-state index contributed by atoms with van der Waals surface area (Å²) in [6.45, 7) is -0.249. The first-order valence-corrected chi connectivity index (χ1v) is 10.1. The van der Waals surface area contributed by atoms with Crippen LogP contribution in [0.3, 0.4) is 0 Å². The number of rotatable bonds is 11. The van der Waals surface area contributed by atoms with Crippen LogP contribution in [0.5, 0.6) is 0 Å². The fraction of sp³-hybridized carbons (Fsp3) is 1.00. The summed E-state index contributed by atoms with van der Waals surface area (Å²) in [7, 11) is -5.83. The van der Waals surface area contributed by atoms with Gasteiger partial charge in [0.1, 0.15) is 0 Å². The predicted molar refractivity (Wildman–Crippen MR) is 75.1 cm³/mol. The Balaban J connectivity index is 6.65. The van der Waals surface area contributed by atoms with Gasteiger partial charge in [0.25, 0.3) is 0 Å². The molecule has 0 aromatic rings. The summed E-state index contributed by atoms with van der Waals surface area (Å²) in [6, 6.07) is 0. The maximum Gasteiger partial charge on any atom is 0.419 e. The van der Waals surface area contributed by atoms with E-state index < -0.39 is 70.0 Å². The summed E-state index contributed by atoms with van der Waals surface area (Å²) in [4.78, 5) is 0. The third-order valence-electron chi connectivity index (χ3n) is 3.91. The van der Waals surface area contributed by atoms with Crippen molar-refractivity contribution in [1.82, 2.24) is 0 Å². The zero-order valence-electron chi connectivity index (χ0n) is 15.2. The van der Waals surface area contributed by atoms with Crippen LogP contribution >= 0.6 is 0 Å². The maximum absolute atomic E-state index is 14.2. The number of hydrogen-bond donors (Lipinski definition) is 0. The van der Waals surface area contributed by atoms with Gasteiger partial charge in [-0.2, -0.15) is 52.7 Å². The molecule has 0 fully saturated rings. The van der Waals surface area contributed by atoms with Crippen molar-refractivity contribution >= 4 is 8.56 Å². The Bertz CT molecular complexity index is 559. The first-order chi connectivity index (χ1) is 12.6. The van der Waals surface area contributed by atoms with Gasteiger partial charge in [-0.1, -0.05) is 0 Å². The van der Waals surface area contributed by atoms with Gasteiger partial charge in [-0.15, -0.1) is 0 Å². The van der Waals surface area contributed by atoms with Gasteiger partial charge in [0.15, 0.2) is 6.17 Å². The second kappa shape index (κ2) is 8.05. The quantitative estimate of drug-likeness (QED) is 0.273. The van der Waals surface area contributed by atoms with Crippen molar-refractivity contribution in [2.24, 2.45) is 0 Å². The molecule has 0 rings (SSSR count). The minimum atomic E-state index is -7.81. The topological polar surface area (TPSA) is 18.5 Å². The first-order valence-electron chi connectivity index (χ1n) is 7.75. The molecule has 0 N–H and O–H groups in total. The molecule has 0 saturated heterocycles. The molecule has 0 aliphatic rings. The van der Waals surface area contributed by atoms with Gasteiger partial charge < -0.3 is 8.85 Å². The van der Waals surface area contributed by atoms with E-state index in [9.17, 15) is 57.1 Å². The monoisotopic (exact) mass is 480 g/mol. The smallest absolute Gasteiger partial charge is 0.391 e. The molecule has 0 aliphatic heterocycles. The van der Waals surface area contributed by atoms with Crippen molar-refractivity contribution in [3.05, 3.63) is 0 Å². The summed E-state index contributed by atoms with van der Waals surface area (Å²) < 4.78 is 185. The summed E-state index contributed by atoms with van der Waals surface area (Å²) in [5.41, 5.74) is -6.31. The molecule has 0 radical (unpaired) electrons. The van der Waals surface area contributed by atoms with Gasteiger partial charge in [-0.3, -0.25) is 0 Å². The van der Waals surface area contributed by atoms with E-state index >= 15 is 0 Å². The molecule has 2 nitrogen and oxygen atoms in total. The lowest BCUT2D eigenvalue weighted by Gasteiger charge is -2.44. The second-order valence-electron chi connectivity index (χ2n) is 5.92. The molecule has 176 valence electrons. The van der Waals surface area contributed by atoms with Crippen LogP contribution in [0.4, 0.5) is 57.1 Å². The Labute approximate surface area is 157 Å². The largest absolute Gasteiger partial charge is 0.419 e. The van der Waals surface area contributed by atoms with Gasteiger partial charge in [-0.05, 0) is 27.3 Å². The minimum Gasteiger partial charge on any atom is -0.391 e. The predicted octanol–water partition coefficient (Wildman–Crippen LogP) is 5.84. The van der Waals surface area contributed by atoms with E-state index in [1.54, 1.807) is 0 Å². The Kier molecular flexibility index (Phi) is 7.84. The van der Waals surface area contributed by atoms with Crippen molar-refractivity contribution < 1.29 is 65.9 Å². The van der Waals surface area contributed by atoms with E-state index in [0.717, 1.165) is 13.8 Å². The molecular weight excluding hydrogens is 463 g/mol. The molecule has 16 heteroatoms. The summed E-state index contributed by atoms with van der Waals surface area (Å²) >= 11 is 0. The summed E-state index contributed by atoms with van der Waals surface area (Å²) in [6.07, 6.45) is -4.22. The van der Waals surface area contributed by atoms with E-state index in [0.29, 0.717) is 0 Å². The molecule has 1 atom stereocenters. The van der Waals surface area contributed by atoms with E-state index in [2.05, 4.69) is 8.85 Å². The fourth-order valence-electron chi connectivity index (χ4n) is 2.11. The lowest BCUT2D eigenvalue weighted by Crippen LogP contribution is -2.76. The zero-order valence-corrected chi connectivity index (χ0v) is 16.2. The van der Waals surface area contributed by atoms with E-state index in [1.807, 2.05) is 0 Å². The molecule has 0 amide bonds. The molecular formula is C13H17F13O2Si. The van der Waals surface area contributed by atoms with Crippen LogP contribution in [0.25, 0.3) is 0 Å². The molecule has 0 heterocycles. The van der Waals surface area contributed by atoms with Crippen LogP contribution in [0, 0.1) is 0 Å². The van der Waals surface area contributed by atoms with E-state index in [1.165, 1.54) is 0 Å². The third-order valence-corrected chi connectivity index (χ3v) is 7.04. The first kappa shape index (κ1) is 28.2. The molecule has 0 aliphatic carbocycles. The fourth-order valence-corrected chi connectivity index (χ4v) is 4.38. The van der Waals surface area contributed by atoms with Gasteiger partial charge in [0.05, 0.1) is 0 Å². The zero-order chi connectivity index (χ0) is 23.9. The highest BCUT2D eigenvalue weighted by atomic mass is 28.4. The molecule has 29 heavy (non-hydrogen) atoms. The van der Waals surface area contributed by atoms with Crippen LogP contribution in [0.2, 0.25) is 6.55 Å². The average Bonchev–Trinajstić information content (AvgIpc) is 2.53. The van der Waals surface area contributed by atoms with E-state index in [-0.39, 0.29) is 6.55 Å². The van der Waals surface area contributed by atoms with Crippen LogP contribution < -0.4 is 0 Å². The Morgan fingerprint density at radius 3 is 1.24 bits per heavy atom. The SMILES string of the molecule is CCO[Si](C)(OCC)C(F)(F)C(F)(F)C(F)(F)C(F)(F)C(F)(F)C(F)(F)C(C)F. The number of halogens is 13. The Morgan fingerprint density at radius 2 is 0.966 bits per heavy atom. The second-order valence-corrected chi connectivity index (χ2v) is 9.02. The van der Waals surface area contributed by atoms with Crippen LogP contribution in [-0.4, -0.2) is 63.1 Å². The summed E-state index contributed by atoms with van der Waals surface area (Å²) in [5, 5.41) is 0. The lowest BCUT2D eigenvalue weighted by molar-refractivity contribution is -0.423. The highest BCUT2D eigenvalue weighted by Gasteiger charge is 2.93. The normalized spacial score (nSPS) is 16.9. The Morgan fingerprint density at radius 1 is 0.655 bits per heavy atom. The van der Waals surface area contributed by atoms with Gasteiger partial charge in [-0.25, -0.2) is 4.39 Å². The van der Waals surface area contributed by atoms with Gasteiger partial charge in [0, 0.05) is 13.2 Å². The van der Waals surface area contributed by atoms with Crippen molar-refractivity contribution in [2.75, 3.05) is 13.2 Å². The van der Waals surface area contributed by atoms with Crippen LogP contribution in [-0.2, 0) is 8.85 Å². The number of alkyl halides is 13. The molecule has 1 unspecified atom stereocenters. The van der Waals surface area contributed by atoms with Crippen molar-refractivity contribution in [1.29, 1.82) is 0 Å². The number of hydrogen-bond acceptors (Lipinski definition) is 2. The Hall–Kier alpha value is -0.773. The molecule has 0 bridgehead atoms. The van der Waals surface area contributed by atoms with Crippen molar-refractivity contribution in [3.63, 3.8) is 0 Å². The highest BCUT2D eigenvalue weighted by molar-refractivity contribution is 6.69. The maximum atomic E-state index is 14.2. The van der Waals surface area contributed by atoms with E-state index in [4.69, 9.17) is 0 Å². The minimum absolute atomic E-state index is 0.0680. The van der Waals surface area contributed by atoms with Crippen molar-refractivity contribution in [2.45, 2.75) is 68.6 Å². The lowest BCUT2D eigenvalue weighted by atomic mass is 9.92. The summed E-state index contributed by atoms with van der Waals surface area (Å²) in [5.74, 6) is -37.1. The molecule has 0 spiro atoms. The molecule has 0 aromatic heterocycles. The average molecular weight is 480 g/mol. The van der Waals surface area contributed by atoms with Crippen LogP contribution in [0.15, 0.2) is 0 Å². The van der Waals surface area contributed by atoms with Gasteiger partial charge in [0.2, 0.25) is 0 Å². The molecule has 0 saturated carbocycles. The van der Waals surface area contributed by atoms with Crippen LogP contribution in [0.1, 0.15) is 20.8 Å². The standard InChI is InChI=1S/C13H17F13O2Si/c1-5-27-29(4,28-6-2)13(25,26)12(23,24)11(21,22)10(19,20)9(17,18)8(15,16)7(3)14/h7H,5-6H2,1-4H3. The van der Waals surface area contributed by atoms with Crippen molar-refractivity contribution in [3.8, 4) is 0 Å².